The number of anilines is 3. The number of rotatable bonds is 6. The zero-order chi connectivity index (χ0) is 31.7. The first kappa shape index (κ1) is 30.2. The van der Waals surface area contributed by atoms with Crippen LogP contribution in [0.2, 0.25) is 0 Å². The first-order chi connectivity index (χ1) is 21.7. The number of nitrogens with zero attached hydrogens (tertiary/aromatic N) is 4. The lowest BCUT2D eigenvalue weighted by Gasteiger charge is -2.29. The molecule has 0 unspecified atom stereocenters. The third-order valence-electron chi connectivity index (χ3n) is 8.57. The van der Waals surface area contributed by atoms with E-state index in [1.54, 1.807) is 36.3 Å². The lowest BCUT2D eigenvalue weighted by atomic mass is 9.98. The summed E-state index contributed by atoms with van der Waals surface area (Å²) in [7, 11) is 1.61. The Labute approximate surface area is 264 Å². The van der Waals surface area contributed by atoms with Gasteiger partial charge in [-0.05, 0) is 98.5 Å². The minimum atomic E-state index is -0.515. The summed E-state index contributed by atoms with van der Waals surface area (Å²) in [5.74, 6) is -0.580. The number of fused-ring (bicyclic) bond motifs is 1. The molecule has 1 aliphatic carbocycles. The van der Waals surface area contributed by atoms with Gasteiger partial charge in [0.1, 0.15) is 17.3 Å². The first-order valence-corrected chi connectivity index (χ1v) is 15.9. The molecule has 4 heterocycles. The van der Waals surface area contributed by atoms with Gasteiger partial charge in [-0.3, -0.25) is 14.4 Å². The minimum Gasteiger partial charge on any atom is -0.339 e. The highest BCUT2D eigenvalue weighted by atomic mass is 32.1. The van der Waals surface area contributed by atoms with E-state index in [1.165, 1.54) is 44.7 Å². The van der Waals surface area contributed by atoms with Crippen LogP contribution in [-0.4, -0.2) is 39.4 Å². The Morgan fingerprint density at radius 1 is 1.09 bits per heavy atom. The second-order valence-electron chi connectivity index (χ2n) is 11.7. The fourth-order valence-corrected chi connectivity index (χ4v) is 7.12. The van der Waals surface area contributed by atoms with E-state index in [9.17, 15) is 18.8 Å². The average molecular weight is 625 g/mol. The number of benzene rings is 1. The van der Waals surface area contributed by atoms with Crippen LogP contribution in [-0.2, 0) is 19.9 Å². The average Bonchev–Trinajstić information content (AvgIpc) is 3.49. The van der Waals surface area contributed by atoms with Gasteiger partial charge in [-0.15, -0.1) is 11.3 Å². The predicted octanol–water partition coefficient (Wildman–Crippen LogP) is 6.21. The molecule has 4 aromatic rings. The molecule has 2 aliphatic rings. The van der Waals surface area contributed by atoms with E-state index in [0.29, 0.717) is 64.6 Å². The standard InChI is InChI=1S/C34H33FN6O3S/c1-20-26(15-25(35)16-27(20)39-32(42)30-14-22-5-3-4-6-29(22)45-30)24-13-28(34(44)40(2)19-24)38-31-8-7-23(18-37-31)33(43)41-11-9-21(17-36)10-12-41/h7-8,13-16,18-19,21H,3-6,9-12H2,1-2H3,(H,37,38)(H,39,42). The maximum atomic E-state index is 14.9. The van der Waals surface area contributed by atoms with Gasteiger partial charge in [0.15, 0.2) is 0 Å². The van der Waals surface area contributed by atoms with Crippen LogP contribution >= 0.6 is 11.3 Å². The van der Waals surface area contributed by atoms with Gasteiger partial charge in [-0.25, -0.2) is 9.37 Å². The Morgan fingerprint density at radius 3 is 2.58 bits per heavy atom. The molecule has 9 nitrogen and oxygen atoms in total. The number of hydrogen-bond acceptors (Lipinski definition) is 7. The molecule has 0 radical (unpaired) electrons. The molecule has 0 spiro atoms. The van der Waals surface area contributed by atoms with Crippen LogP contribution < -0.4 is 16.2 Å². The van der Waals surface area contributed by atoms with E-state index >= 15 is 0 Å². The van der Waals surface area contributed by atoms with Gasteiger partial charge in [0.05, 0.1) is 16.5 Å². The molecule has 1 aliphatic heterocycles. The van der Waals surface area contributed by atoms with Crippen molar-refractivity contribution in [3.05, 3.63) is 91.4 Å². The zero-order valence-electron chi connectivity index (χ0n) is 25.2. The summed E-state index contributed by atoms with van der Waals surface area (Å²) in [6.45, 7) is 2.86. The number of nitrogens with one attached hydrogen (secondary N) is 2. The van der Waals surface area contributed by atoms with Crippen molar-refractivity contribution in [3.63, 3.8) is 0 Å². The number of aryl methyl sites for hydroxylation is 3. The summed E-state index contributed by atoms with van der Waals surface area (Å²) in [5, 5.41) is 15.1. The molecule has 2 N–H and O–H groups in total. The van der Waals surface area contributed by atoms with E-state index in [1.807, 2.05) is 13.0 Å². The third kappa shape index (κ3) is 6.37. The van der Waals surface area contributed by atoms with Gasteiger partial charge in [0.25, 0.3) is 17.4 Å². The number of aromatic nitrogens is 2. The smallest absolute Gasteiger partial charge is 0.274 e. The molecule has 1 saturated heterocycles. The number of halogens is 1. The largest absolute Gasteiger partial charge is 0.339 e. The lowest BCUT2D eigenvalue weighted by molar-refractivity contribution is 0.0706. The molecule has 3 aromatic heterocycles. The molecule has 1 fully saturated rings. The second-order valence-corrected chi connectivity index (χ2v) is 12.8. The van der Waals surface area contributed by atoms with E-state index in [-0.39, 0.29) is 29.0 Å². The molecular formula is C34H33FN6O3S. The van der Waals surface area contributed by atoms with Crippen LogP contribution in [0.3, 0.4) is 0 Å². The number of carbonyl (C=O) groups is 2. The highest BCUT2D eigenvalue weighted by Crippen LogP contribution is 2.33. The van der Waals surface area contributed by atoms with Crippen molar-refractivity contribution >= 4 is 40.3 Å². The van der Waals surface area contributed by atoms with Crippen molar-refractivity contribution in [1.82, 2.24) is 14.5 Å². The molecule has 0 bridgehead atoms. The van der Waals surface area contributed by atoms with Crippen molar-refractivity contribution in [2.24, 2.45) is 13.0 Å². The number of carbonyl (C=O) groups excluding carboxylic acids is 2. The normalized spacial score (nSPS) is 14.8. The Kier molecular flexibility index (Phi) is 8.50. The van der Waals surface area contributed by atoms with Crippen molar-refractivity contribution in [2.75, 3.05) is 23.7 Å². The van der Waals surface area contributed by atoms with Crippen LogP contribution in [0.4, 0.5) is 21.6 Å². The quantitative estimate of drug-likeness (QED) is 0.263. The Bertz CT molecular complexity index is 1860. The van der Waals surface area contributed by atoms with Gasteiger partial charge in [0, 0.05) is 54.6 Å². The van der Waals surface area contributed by atoms with Gasteiger partial charge < -0.3 is 20.1 Å². The zero-order valence-corrected chi connectivity index (χ0v) is 26.0. The number of piperidine rings is 1. The van der Waals surface area contributed by atoms with Crippen molar-refractivity contribution < 1.29 is 14.0 Å². The molecule has 2 amide bonds. The topological polar surface area (TPSA) is 120 Å². The Morgan fingerprint density at radius 2 is 1.87 bits per heavy atom. The van der Waals surface area contributed by atoms with Crippen molar-refractivity contribution in [1.29, 1.82) is 5.26 Å². The van der Waals surface area contributed by atoms with Crippen molar-refractivity contribution in [3.8, 4) is 17.2 Å². The maximum Gasteiger partial charge on any atom is 0.274 e. The van der Waals surface area contributed by atoms with Crippen LogP contribution in [0.1, 0.15) is 61.7 Å². The summed E-state index contributed by atoms with van der Waals surface area (Å²) in [4.78, 5) is 47.1. The minimum absolute atomic E-state index is 0.0185. The Balaban J connectivity index is 1.22. The first-order valence-electron chi connectivity index (χ1n) is 15.1. The number of thiophene rings is 1. The third-order valence-corrected chi connectivity index (χ3v) is 9.81. The molecule has 45 heavy (non-hydrogen) atoms. The molecule has 230 valence electrons. The summed E-state index contributed by atoms with van der Waals surface area (Å²) in [5.41, 5.74) is 3.69. The SMILES string of the molecule is Cc1c(NC(=O)c2cc3c(s2)CCCC3)cc(F)cc1-c1cc(Nc2ccc(C(=O)N3CCC(C#N)CC3)cn2)c(=O)n(C)c1. The summed E-state index contributed by atoms with van der Waals surface area (Å²) < 4.78 is 16.3. The number of pyridine rings is 2. The van der Waals surface area contributed by atoms with Gasteiger partial charge in [0.2, 0.25) is 0 Å². The number of hydrogen-bond donors (Lipinski definition) is 2. The predicted molar refractivity (Wildman–Crippen MR) is 172 cm³/mol. The monoisotopic (exact) mass is 624 g/mol. The highest BCUT2D eigenvalue weighted by Gasteiger charge is 2.24. The van der Waals surface area contributed by atoms with Crippen LogP contribution in [0.25, 0.3) is 11.1 Å². The number of amides is 2. The molecule has 6 rings (SSSR count). The van der Waals surface area contributed by atoms with E-state index < -0.39 is 5.82 Å². The van der Waals surface area contributed by atoms with Crippen LogP contribution in [0, 0.1) is 30.0 Å². The molecule has 1 aromatic carbocycles. The van der Waals surface area contributed by atoms with E-state index in [2.05, 4.69) is 21.7 Å². The molecule has 11 heteroatoms. The Hall–Kier alpha value is -4.82. The fourth-order valence-electron chi connectivity index (χ4n) is 5.97. The number of nitriles is 1. The van der Waals surface area contributed by atoms with Gasteiger partial charge in [-0.1, -0.05) is 0 Å². The van der Waals surface area contributed by atoms with E-state index in [0.717, 1.165) is 25.7 Å². The molecular weight excluding hydrogens is 591 g/mol. The summed E-state index contributed by atoms with van der Waals surface area (Å²) in [6.07, 6.45) is 8.62. The molecule has 0 atom stereocenters. The molecule has 0 saturated carbocycles. The van der Waals surface area contributed by atoms with Crippen LogP contribution in [0.15, 0.2) is 53.6 Å². The van der Waals surface area contributed by atoms with E-state index in [4.69, 9.17) is 5.26 Å². The number of likely N-dealkylation sites (tertiary alicyclic amines) is 1. The van der Waals surface area contributed by atoms with Crippen molar-refractivity contribution in [2.45, 2.75) is 45.4 Å². The summed E-state index contributed by atoms with van der Waals surface area (Å²) >= 11 is 1.50. The van der Waals surface area contributed by atoms with Gasteiger partial charge in [-0.2, -0.15) is 5.26 Å². The van der Waals surface area contributed by atoms with Gasteiger partial charge >= 0.3 is 0 Å². The maximum absolute atomic E-state index is 14.9. The highest BCUT2D eigenvalue weighted by molar-refractivity contribution is 7.14. The lowest BCUT2D eigenvalue weighted by Crippen LogP contribution is -2.38. The fraction of sp³-hybridized carbons (Fsp3) is 0.324. The van der Waals surface area contributed by atoms with Crippen LogP contribution in [0.5, 0.6) is 0 Å². The summed E-state index contributed by atoms with van der Waals surface area (Å²) in [6, 6.07) is 11.8. The second kappa shape index (κ2) is 12.7.